The Bertz CT molecular complexity index is 453. The number of nitrogens with zero attached hydrogens (tertiary/aromatic N) is 1. The standard InChI is InChI=1S/C8H6Cl2N2O/c9-4-1-2-5-8(7(4)10)13-6(3-11)12-5/h1-2H,3,11H2. The molecule has 68 valence electrons. The van der Waals surface area contributed by atoms with Crippen LogP contribution in [0.5, 0.6) is 0 Å². The van der Waals surface area contributed by atoms with Crippen molar-refractivity contribution in [3.05, 3.63) is 28.1 Å². The number of nitrogens with two attached hydrogens (primary N) is 1. The van der Waals surface area contributed by atoms with Crippen molar-refractivity contribution < 1.29 is 4.42 Å². The number of halogens is 2. The first-order valence-corrected chi connectivity index (χ1v) is 4.41. The van der Waals surface area contributed by atoms with Gasteiger partial charge in [-0.2, -0.15) is 0 Å². The highest BCUT2D eigenvalue weighted by Gasteiger charge is 2.10. The van der Waals surface area contributed by atoms with Crippen molar-refractivity contribution in [1.82, 2.24) is 4.98 Å². The van der Waals surface area contributed by atoms with Crippen LogP contribution >= 0.6 is 23.2 Å². The summed E-state index contributed by atoms with van der Waals surface area (Å²) in [5, 5.41) is 0.834. The zero-order chi connectivity index (χ0) is 9.42. The summed E-state index contributed by atoms with van der Waals surface area (Å²) < 4.78 is 5.28. The van der Waals surface area contributed by atoms with Gasteiger partial charge in [-0.3, -0.25) is 0 Å². The number of aromatic nitrogens is 1. The van der Waals surface area contributed by atoms with Crippen LogP contribution in [0.4, 0.5) is 0 Å². The largest absolute Gasteiger partial charge is 0.438 e. The Morgan fingerprint density at radius 2 is 2.15 bits per heavy atom. The highest BCUT2D eigenvalue weighted by Crippen LogP contribution is 2.30. The maximum Gasteiger partial charge on any atom is 0.209 e. The van der Waals surface area contributed by atoms with Crippen molar-refractivity contribution in [3.63, 3.8) is 0 Å². The van der Waals surface area contributed by atoms with Crippen molar-refractivity contribution in [3.8, 4) is 0 Å². The first-order valence-electron chi connectivity index (χ1n) is 3.66. The lowest BCUT2D eigenvalue weighted by Gasteiger charge is -1.92. The Morgan fingerprint density at radius 1 is 1.38 bits per heavy atom. The molecule has 1 aromatic carbocycles. The van der Waals surface area contributed by atoms with E-state index in [1.165, 1.54) is 0 Å². The SMILES string of the molecule is NCc1nc2ccc(Cl)c(Cl)c2o1. The maximum absolute atomic E-state index is 5.89. The van der Waals surface area contributed by atoms with Crippen LogP contribution in [-0.2, 0) is 6.54 Å². The molecule has 5 heteroatoms. The molecule has 0 saturated carbocycles. The first kappa shape index (κ1) is 8.81. The quantitative estimate of drug-likeness (QED) is 0.798. The Kier molecular flexibility index (Phi) is 2.15. The average molecular weight is 217 g/mol. The summed E-state index contributed by atoms with van der Waals surface area (Å²) in [4.78, 5) is 4.10. The van der Waals surface area contributed by atoms with Crippen LogP contribution in [0.3, 0.4) is 0 Å². The summed E-state index contributed by atoms with van der Waals surface area (Å²) in [6.07, 6.45) is 0. The molecule has 0 unspecified atom stereocenters. The summed E-state index contributed by atoms with van der Waals surface area (Å²) in [7, 11) is 0. The molecular weight excluding hydrogens is 211 g/mol. The second-order valence-corrected chi connectivity index (χ2v) is 3.31. The average Bonchev–Trinajstić information content (AvgIpc) is 2.55. The second-order valence-electron chi connectivity index (χ2n) is 2.52. The van der Waals surface area contributed by atoms with Crippen LogP contribution in [-0.4, -0.2) is 4.98 Å². The molecule has 0 atom stereocenters. The number of rotatable bonds is 1. The minimum atomic E-state index is 0.253. The third-order valence-corrected chi connectivity index (χ3v) is 2.46. The van der Waals surface area contributed by atoms with Crippen LogP contribution in [0.25, 0.3) is 11.1 Å². The molecular formula is C8H6Cl2N2O. The summed E-state index contributed by atoms with van der Waals surface area (Å²) in [5.74, 6) is 0.458. The molecule has 3 nitrogen and oxygen atoms in total. The van der Waals surface area contributed by atoms with Gasteiger partial charge in [-0.1, -0.05) is 23.2 Å². The molecule has 2 aromatic rings. The molecule has 0 aliphatic heterocycles. The smallest absolute Gasteiger partial charge is 0.209 e. The molecule has 0 saturated heterocycles. The highest BCUT2D eigenvalue weighted by atomic mass is 35.5. The van der Waals surface area contributed by atoms with Crippen molar-refractivity contribution in [2.24, 2.45) is 5.73 Å². The van der Waals surface area contributed by atoms with E-state index in [-0.39, 0.29) is 6.54 Å². The molecule has 0 amide bonds. The first-order chi connectivity index (χ1) is 6.22. The Balaban J connectivity index is 2.76. The monoisotopic (exact) mass is 216 g/mol. The van der Waals surface area contributed by atoms with Gasteiger partial charge in [0.2, 0.25) is 5.89 Å². The normalized spacial score (nSPS) is 11.0. The maximum atomic E-state index is 5.89. The number of hydrogen-bond donors (Lipinski definition) is 1. The van der Waals surface area contributed by atoms with Gasteiger partial charge in [0.25, 0.3) is 0 Å². The fourth-order valence-corrected chi connectivity index (χ4v) is 1.42. The van der Waals surface area contributed by atoms with Gasteiger partial charge in [0, 0.05) is 0 Å². The van der Waals surface area contributed by atoms with E-state index in [9.17, 15) is 0 Å². The fourth-order valence-electron chi connectivity index (χ4n) is 1.07. The molecule has 1 aromatic heterocycles. The van der Waals surface area contributed by atoms with Gasteiger partial charge in [-0.25, -0.2) is 4.98 Å². The van der Waals surface area contributed by atoms with E-state index in [4.69, 9.17) is 33.4 Å². The van der Waals surface area contributed by atoms with Crippen molar-refractivity contribution in [1.29, 1.82) is 0 Å². The van der Waals surface area contributed by atoms with E-state index in [2.05, 4.69) is 4.98 Å². The van der Waals surface area contributed by atoms with Gasteiger partial charge < -0.3 is 10.2 Å². The van der Waals surface area contributed by atoms with Crippen LogP contribution < -0.4 is 5.73 Å². The highest BCUT2D eigenvalue weighted by molar-refractivity contribution is 6.44. The van der Waals surface area contributed by atoms with Crippen molar-refractivity contribution >= 4 is 34.3 Å². The molecule has 0 bridgehead atoms. The van der Waals surface area contributed by atoms with Gasteiger partial charge in [0.15, 0.2) is 5.58 Å². The lowest BCUT2D eigenvalue weighted by molar-refractivity contribution is 0.533. The van der Waals surface area contributed by atoms with Crippen LogP contribution in [0.2, 0.25) is 10.0 Å². The molecule has 0 fully saturated rings. The zero-order valence-electron chi connectivity index (χ0n) is 6.55. The van der Waals surface area contributed by atoms with E-state index in [0.717, 1.165) is 0 Å². The van der Waals surface area contributed by atoms with Crippen LogP contribution in [0.1, 0.15) is 5.89 Å². The zero-order valence-corrected chi connectivity index (χ0v) is 8.06. The minimum Gasteiger partial charge on any atom is -0.438 e. The third-order valence-electron chi connectivity index (χ3n) is 1.67. The molecule has 2 rings (SSSR count). The molecule has 0 aliphatic carbocycles. The fraction of sp³-hybridized carbons (Fsp3) is 0.125. The third kappa shape index (κ3) is 1.39. The summed E-state index contributed by atoms with van der Waals surface area (Å²) >= 11 is 11.7. The number of hydrogen-bond acceptors (Lipinski definition) is 3. The van der Waals surface area contributed by atoms with E-state index in [1.807, 2.05) is 0 Å². The van der Waals surface area contributed by atoms with Gasteiger partial charge in [-0.15, -0.1) is 0 Å². The van der Waals surface area contributed by atoms with Gasteiger partial charge in [-0.05, 0) is 12.1 Å². The molecule has 0 spiro atoms. The Labute approximate surface area is 84.4 Å². The number of oxazole rings is 1. The van der Waals surface area contributed by atoms with Crippen molar-refractivity contribution in [2.45, 2.75) is 6.54 Å². The molecule has 13 heavy (non-hydrogen) atoms. The van der Waals surface area contributed by atoms with Crippen LogP contribution in [0, 0.1) is 0 Å². The topological polar surface area (TPSA) is 52.0 Å². The van der Waals surface area contributed by atoms with Gasteiger partial charge >= 0.3 is 0 Å². The van der Waals surface area contributed by atoms with E-state index < -0.39 is 0 Å². The molecule has 0 aliphatic rings. The number of benzene rings is 1. The van der Waals surface area contributed by atoms with Gasteiger partial charge in [0.05, 0.1) is 11.6 Å². The molecule has 0 radical (unpaired) electrons. The van der Waals surface area contributed by atoms with Crippen molar-refractivity contribution in [2.75, 3.05) is 0 Å². The van der Waals surface area contributed by atoms with E-state index in [0.29, 0.717) is 27.0 Å². The minimum absolute atomic E-state index is 0.253. The summed E-state index contributed by atoms with van der Waals surface area (Å²) in [5.41, 5.74) is 6.54. The van der Waals surface area contributed by atoms with E-state index >= 15 is 0 Å². The summed E-state index contributed by atoms with van der Waals surface area (Å²) in [6, 6.07) is 3.42. The lowest BCUT2D eigenvalue weighted by atomic mass is 10.3. The second kappa shape index (κ2) is 3.18. The Morgan fingerprint density at radius 3 is 2.85 bits per heavy atom. The Hall–Kier alpha value is -0.770. The molecule has 1 heterocycles. The molecule has 2 N–H and O–H groups in total. The number of fused-ring (bicyclic) bond motifs is 1. The lowest BCUT2D eigenvalue weighted by Crippen LogP contribution is -1.94. The summed E-state index contributed by atoms with van der Waals surface area (Å²) in [6.45, 7) is 0.253. The van der Waals surface area contributed by atoms with Gasteiger partial charge in [0.1, 0.15) is 10.5 Å². The predicted molar refractivity (Wildman–Crippen MR) is 51.9 cm³/mol. The van der Waals surface area contributed by atoms with E-state index in [1.54, 1.807) is 12.1 Å². The van der Waals surface area contributed by atoms with Crippen LogP contribution in [0.15, 0.2) is 16.5 Å². The predicted octanol–water partition coefficient (Wildman–Crippen LogP) is 2.59.